The van der Waals surface area contributed by atoms with E-state index in [0.717, 1.165) is 44.6 Å². The van der Waals surface area contributed by atoms with E-state index in [2.05, 4.69) is 31.7 Å². The molecule has 0 unspecified atom stereocenters. The van der Waals surface area contributed by atoms with E-state index in [1.807, 2.05) is 43.0 Å². The number of aromatic nitrogens is 4. The summed E-state index contributed by atoms with van der Waals surface area (Å²) in [4.78, 5) is 25.6. The van der Waals surface area contributed by atoms with Gasteiger partial charge in [0.2, 0.25) is 5.91 Å². The van der Waals surface area contributed by atoms with E-state index >= 15 is 0 Å². The van der Waals surface area contributed by atoms with Gasteiger partial charge in [0.15, 0.2) is 11.3 Å². The van der Waals surface area contributed by atoms with Crippen molar-refractivity contribution in [2.75, 3.05) is 41.7 Å². The lowest BCUT2D eigenvalue weighted by molar-refractivity contribution is -0.134. The number of pyridine rings is 1. The molecule has 2 aliphatic rings. The normalized spacial score (nSPS) is 20.2. The van der Waals surface area contributed by atoms with Crippen LogP contribution >= 0.6 is 0 Å². The highest BCUT2D eigenvalue weighted by molar-refractivity contribution is 5.78. The molecule has 3 aromatic heterocycles. The fraction of sp³-hybridized carbons (Fsp3) is 0.500. The number of fused-ring (bicyclic) bond motifs is 1. The molecule has 3 N–H and O–H groups in total. The third kappa shape index (κ3) is 5.29. The number of nitrogens with zero attached hydrogens (tertiary/aromatic N) is 7. The van der Waals surface area contributed by atoms with Crippen LogP contribution in [0, 0.1) is 17.2 Å². The molecule has 3 aromatic rings. The van der Waals surface area contributed by atoms with Crippen LogP contribution in [0.5, 0.6) is 0 Å². The van der Waals surface area contributed by atoms with E-state index in [1.165, 1.54) is 10.7 Å². The first-order valence-corrected chi connectivity index (χ1v) is 12.9. The van der Waals surface area contributed by atoms with Gasteiger partial charge in [0.25, 0.3) is 0 Å². The minimum absolute atomic E-state index is 0.000579. The lowest BCUT2D eigenvalue weighted by atomic mass is 9.92. The average molecular weight is 504 g/mol. The summed E-state index contributed by atoms with van der Waals surface area (Å²) in [6.45, 7) is 6.65. The largest absolute Gasteiger partial charge is 0.391 e. The number of carbonyl (C=O) groups is 1. The Balaban J connectivity index is 1.37. The van der Waals surface area contributed by atoms with Crippen molar-refractivity contribution in [2.24, 2.45) is 5.92 Å². The van der Waals surface area contributed by atoms with Crippen LogP contribution in [0.1, 0.15) is 45.2 Å². The summed E-state index contributed by atoms with van der Waals surface area (Å²) in [6, 6.07) is 9.67. The maximum Gasteiger partial charge on any atom is 0.225 e. The summed E-state index contributed by atoms with van der Waals surface area (Å²) >= 11 is 0. The molecule has 1 amide bonds. The quantitative estimate of drug-likeness (QED) is 0.464. The fourth-order valence-corrected chi connectivity index (χ4v) is 5.00. The van der Waals surface area contributed by atoms with Gasteiger partial charge in [-0.05, 0) is 25.0 Å². The second kappa shape index (κ2) is 10.6. The van der Waals surface area contributed by atoms with Crippen LogP contribution in [-0.4, -0.2) is 73.8 Å². The Hall–Kier alpha value is -3.91. The standard InChI is InChI=1S/C26H33N9O2/c1-17(2)26(37)34-12-10-33(11-13-34)24-9-5-8-22(31-24)30-20-14-23(29-19-6-3-4-7-21(19)36)32-35-18(15-27)16-28-25(20)35/h5,8-9,14,16-17,19,21,36H,3-4,6-7,10-13H2,1-2H3,(H,29,32)(H,30,31)/t19-,21-/m1/s1. The van der Waals surface area contributed by atoms with E-state index in [9.17, 15) is 15.2 Å². The van der Waals surface area contributed by atoms with E-state index in [-0.39, 0.29) is 17.9 Å². The Morgan fingerprint density at radius 2 is 1.95 bits per heavy atom. The molecule has 11 heteroatoms. The van der Waals surface area contributed by atoms with Crippen molar-refractivity contribution in [2.45, 2.75) is 51.7 Å². The molecule has 1 aliphatic heterocycles. The van der Waals surface area contributed by atoms with Gasteiger partial charge in [-0.2, -0.15) is 9.78 Å². The highest BCUT2D eigenvalue weighted by atomic mass is 16.3. The fourth-order valence-electron chi connectivity index (χ4n) is 5.00. The van der Waals surface area contributed by atoms with Crippen molar-refractivity contribution in [3.63, 3.8) is 0 Å². The van der Waals surface area contributed by atoms with Gasteiger partial charge in [-0.25, -0.2) is 9.97 Å². The maximum absolute atomic E-state index is 12.3. The molecule has 0 spiro atoms. The van der Waals surface area contributed by atoms with Crippen LogP contribution < -0.4 is 15.5 Å². The van der Waals surface area contributed by atoms with Crippen molar-refractivity contribution < 1.29 is 9.90 Å². The molecule has 0 radical (unpaired) electrons. The van der Waals surface area contributed by atoms with Crippen molar-refractivity contribution >= 4 is 34.7 Å². The average Bonchev–Trinajstić information content (AvgIpc) is 3.33. The predicted molar refractivity (Wildman–Crippen MR) is 141 cm³/mol. The van der Waals surface area contributed by atoms with Crippen LogP contribution in [0.25, 0.3) is 5.65 Å². The van der Waals surface area contributed by atoms with E-state index in [0.29, 0.717) is 41.8 Å². The van der Waals surface area contributed by atoms with Crippen molar-refractivity contribution in [3.05, 3.63) is 36.2 Å². The molecule has 1 saturated heterocycles. The number of nitriles is 1. The van der Waals surface area contributed by atoms with Crippen LogP contribution in [0.3, 0.4) is 0 Å². The number of piperazine rings is 1. The number of aliphatic hydroxyl groups excluding tert-OH is 1. The summed E-state index contributed by atoms with van der Waals surface area (Å²) in [7, 11) is 0. The Morgan fingerprint density at radius 1 is 1.16 bits per heavy atom. The zero-order chi connectivity index (χ0) is 25.9. The minimum atomic E-state index is -0.435. The second-order valence-corrected chi connectivity index (χ2v) is 10.0. The van der Waals surface area contributed by atoms with Crippen molar-refractivity contribution in [1.29, 1.82) is 5.26 Å². The summed E-state index contributed by atoms with van der Waals surface area (Å²) in [5.41, 5.74) is 1.49. The third-order valence-electron chi connectivity index (χ3n) is 7.05. The number of carbonyl (C=O) groups excluding carboxylic acids is 1. The highest BCUT2D eigenvalue weighted by Gasteiger charge is 2.25. The van der Waals surface area contributed by atoms with Gasteiger partial charge in [0.1, 0.15) is 23.5 Å². The lowest BCUT2D eigenvalue weighted by Crippen LogP contribution is -2.50. The Morgan fingerprint density at radius 3 is 2.68 bits per heavy atom. The molecule has 5 rings (SSSR count). The first kappa shape index (κ1) is 24.8. The minimum Gasteiger partial charge on any atom is -0.391 e. The topological polar surface area (TPSA) is 135 Å². The number of anilines is 4. The molecule has 0 bridgehead atoms. The van der Waals surface area contributed by atoms with E-state index in [1.54, 1.807) is 0 Å². The highest BCUT2D eigenvalue weighted by Crippen LogP contribution is 2.27. The maximum atomic E-state index is 12.3. The molecule has 0 aromatic carbocycles. The second-order valence-electron chi connectivity index (χ2n) is 10.0. The number of hydrogen-bond acceptors (Lipinski definition) is 9. The third-order valence-corrected chi connectivity index (χ3v) is 7.05. The molecule has 11 nitrogen and oxygen atoms in total. The predicted octanol–water partition coefficient (Wildman–Crippen LogP) is 2.76. The molecule has 2 fully saturated rings. The Kier molecular flexibility index (Phi) is 7.10. The summed E-state index contributed by atoms with van der Waals surface area (Å²) in [5, 5.41) is 31.3. The molecule has 2 atom stereocenters. The van der Waals surface area contributed by atoms with Crippen molar-refractivity contribution in [3.8, 4) is 6.07 Å². The van der Waals surface area contributed by atoms with Gasteiger partial charge < -0.3 is 25.5 Å². The Labute approximate surface area is 216 Å². The lowest BCUT2D eigenvalue weighted by Gasteiger charge is -2.36. The SMILES string of the molecule is CC(C)C(=O)N1CCN(c2cccc(Nc3cc(N[C@@H]4CCCC[C@H]4O)nn4c(C#N)cnc34)n2)CC1. The van der Waals surface area contributed by atoms with Crippen molar-refractivity contribution in [1.82, 2.24) is 24.5 Å². The summed E-state index contributed by atoms with van der Waals surface area (Å²) in [5.74, 6) is 2.20. The summed E-state index contributed by atoms with van der Waals surface area (Å²) < 4.78 is 1.51. The van der Waals surface area contributed by atoms with Crippen LogP contribution in [-0.2, 0) is 4.79 Å². The molecular formula is C26H33N9O2. The van der Waals surface area contributed by atoms with Gasteiger partial charge in [-0.3, -0.25) is 4.79 Å². The molecule has 1 aliphatic carbocycles. The first-order valence-electron chi connectivity index (χ1n) is 12.9. The number of imidazole rings is 1. The Bertz CT molecular complexity index is 1310. The van der Waals surface area contributed by atoms with Crippen LogP contribution in [0.15, 0.2) is 30.5 Å². The first-order chi connectivity index (χ1) is 17.9. The number of amides is 1. The number of hydrogen-bond donors (Lipinski definition) is 3. The smallest absolute Gasteiger partial charge is 0.225 e. The van der Waals surface area contributed by atoms with E-state index in [4.69, 9.17) is 4.98 Å². The molecule has 4 heterocycles. The molecular weight excluding hydrogens is 470 g/mol. The zero-order valence-corrected chi connectivity index (χ0v) is 21.3. The van der Waals surface area contributed by atoms with E-state index < -0.39 is 6.10 Å². The number of nitrogens with one attached hydrogen (secondary N) is 2. The van der Waals surface area contributed by atoms with Crippen LogP contribution in [0.4, 0.5) is 23.1 Å². The van der Waals surface area contributed by atoms with Crippen LogP contribution in [0.2, 0.25) is 0 Å². The van der Waals surface area contributed by atoms with Gasteiger partial charge in [-0.15, -0.1) is 5.10 Å². The van der Waals surface area contributed by atoms with Gasteiger partial charge in [-0.1, -0.05) is 32.8 Å². The monoisotopic (exact) mass is 503 g/mol. The molecule has 1 saturated carbocycles. The van der Waals surface area contributed by atoms with Gasteiger partial charge >= 0.3 is 0 Å². The number of aliphatic hydroxyl groups is 1. The zero-order valence-electron chi connectivity index (χ0n) is 21.3. The molecule has 194 valence electrons. The molecule has 37 heavy (non-hydrogen) atoms. The number of rotatable bonds is 6. The van der Waals surface area contributed by atoms with Gasteiger partial charge in [0.05, 0.1) is 24.0 Å². The summed E-state index contributed by atoms with van der Waals surface area (Å²) in [6.07, 6.45) is 4.75. The van der Waals surface area contributed by atoms with Gasteiger partial charge in [0, 0.05) is 38.2 Å².